The van der Waals surface area contributed by atoms with Crippen molar-refractivity contribution in [2.24, 2.45) is 0 Å². The van der Waals surface area contributed by atoms with Crippen LogP contribution in [-0.2, 0) is 4.79 Å². The van der Waals surface area contributed by atoms with Crippen LogP contribution < -0.4 is 10.9 Å². The number of halogens is 1. The summed E-state index contributed by atoms with van der Waals surface area (Å²) in [6.45, 7) is 2.63. The first kappa shape index (κ1) is 14.0. The van der Waals surface area contributed by atoms with Gasteiger partial charge in [-0.15, -0.1) is 0 Å². The molecule has 20 heavy (non-hydrogen) atoms. The van der Waals surface area contributed by atoms with Crippen molar-refractivity contribution in [2.45, 2.75) is 31.2 Å². The number of piperidine rings is 1. The molecule has 2 fully saturated rings. The van der Waals surface area contributed by atoms with E-state index in [4.69, 9.17) is 0 Å². The number of rotatable bonds is 2. The number of amides is 1. The fourth-order valence-corrected chi connectivity index (χ4v) is 3.32. The summed E-state index contributed by atoms with van der Waals surface area (Å²) < 4.78 is 1.12. The number of hydrogen-bond acceptors (Lipinski definition) is 3. The van der Waals surface area contributed by atoms with Gasteiger partial charge >= 0.3 is 0 Å². The van der Waals surface area contributed by atoms with Crippen molar-refractivity contribution in [1.29, 1.82) is 0 Å². The molecule has 108 valence electrons. The predicted octanol–water partition coefficient (Wildman–Crippen LogP) is 2.02. The molecular weight excluding hydrogens is 318 g/mol. The molecule has 0 aliphatic carbocycles. The molecule has 0 bridgehead atoms. The number of carbonyl (C=O) groups excluding carboxylic acids is 1. The van der Waals surface area contributed by atoms with E-state index in [2.05, 4.69) is 51.0 Å². The molecule has 0 saturated carbocycles. The maximum absolute atomic E-state index is 12.3. The first-order valence-electron chi connectivity index (χ1n) is 7.26. The summed E-state index contributed by atoms with van der Waals surface area (Å²) in [6.07, 6.45) is 3.02. The average molecular weight is 338 g/mol. The van der Waals surface area contributed by atoms with Gasteiger partial charge in [0.15, 0.2) is 0 Å². The topological polar surface area (TPSA) is 44.4 Å². The first-order valence-corrected chi connectivity index (χ1v) is 8.06. The quantitative estimate of drug-likeness (QED) is 0.867. The Balaban J connectivity index is 1.56. The summed E-state index contributed by atoms with van der Waals surface area (Å²) in [5.74, 6) is 0.839. The highest BCUT2D eigenvalue weighted by molar-refractivity contribution is 9.10. The van der Waals surface area contributed by atoms with Crippen molar-refractivity contribution in [2.75, 3.05) is 19.6 Å². The van der Waals surface area contributed by atoms with E-state index in [-0.39, 0.29) is 11.9 Å². The highest BCUT2D eigenvalue weighted by Crippen LogP contribution is 2.29. The van der Waals surface area contributed by atoms with Gasteiger partial charge in [0.1, 0.15) is 6.04 Å². The van der Waals surface area contributed by atoms with Crippen LogP contribution in [0.2, 0.25) is 0 Å². The Morgan fingerprint density at radius 2 is 1.85 bits per heavy atom. The Morgan fingerprint density at radius 1 is 1.15 bits per heavy atom. The standard InChI is InChI=1S/C15H20BrN3O/c16-13-3-1-11(2-4-13)12-6-9-19(10-7-12)15(20)14-5-8-17-18-14/h1-4,12,14,17-18H,5-10H2. The molecule has 1 aromatic rings. The van der Waals surface area contributed by atoms with Crippen molar-refractivity contribution in [3.63, 3.8) is 0 Å². The molecule has 2 N–H and O–H groups in total. The minimum atomic E-state index is -0.0285. The lowest BCUT2D eigenvalue weighted by Crippen LogP contribution is -2.48. The van der Waals surface area contributed by atoms with E-state index in [1.807, 2.05) is 4.90 Å². The zero-order chi connectivity index (χ0) is 13.9. The Morgan fingerprint density at radius 3 is 2.45 bits per heavy atom. The van der Waals surface area contributed by atoms with E-state index in [1.165, 1.54) is 5.56 Å². The molecule has 0 spiro atoms. The van der Waals surface area contributed by atoms with Crippen LogP contribution in [0.25, 0.3) is 0 Å². The lowest BCUT2D eigenvalue weighted by atomic mass is 9.89. The van der Waals surface area contributed by atoms with E-state index in [1.54, 1.807) is 0 Å². The van der Waals surface area contributed by atoms with Crippen LogP contribution in [0.5, 0.6) is 0 Å². The molecule has 2 aliphatic rings. The highest BCUT2D eigenvalue weighted by Gasteiger charge is 2.30. The third-order valence-electron chi connectivity index (χ3n) is 4.28. The van der Waals surface area contributed by atoms with E-state index in [9.17, 15) is 4.79 Å². The molecule has 4 nitrogen and oxygen atoms in total. The van der Waals surface area contributed by atoms with Crippen LogP contribution in [0.3, 0.4) is 0 Å². The molecule has 2 saturated heterocycles. The molecule has 1 aromatic carbocycles. The van der Waals surface area contributed by atoms with Crippen LogP contribution in [0, 0.1) is 0 Å². The van der Waals surface area contributed by atoms with Gasteiger partial charge in [-0.3, -0.25) is 10.2 Å². The third-order valence-corrected chi connectivity index (χ3v) is 4.81. The minimum absolute atomic E-state index is 0.0285. The summed E-state index contributed by atoms with van der Waals surface area (Å²) in [5.41, 5.74) is 7.48. The molecule has 2 heterocycles. The molecule has 2 aliphatic heterocycles. The lowest BCUT2D eigenvalue weighted by Gasteiger charge is -2.33. The Labute approximate surface area is 128 Å². The second kappa shape index (κ2) is 6.24. The van der Waals surface area contributed by atoms with Crippen LogP contribution in [0.4, 0.5) is 0 Å². The van der Waals surface area contributed by atoms with Gasteiger partial charge in [-0.2, -0.15) is 0 Å². The molecule has 1 unspecified atom stereocenters. The third kappa shape index (κ3) is 3.05. The summed E-state index contributed by atoms with van der Waals surface area (Å²) in [4.78, 5) is 14.3. The van der Waals surface area contributed by atoms with Crippen molar-refractivity contribution in [3.8, 4) is 0 Å². The smallest absolute Gasteiger partial charge is 0.241 e. The van der Waals surface area contributed by atoms with Crippen LogP contribution >= 0.6 is 15.9 Å². The van der Waals surface area contributed by atoms with Crippen molar-refractivity contribution in [3.05, 3.63) is 34.3 Å². The van der Waals surface area contributed by atoms with Gasteiger partial charge in [-0.1, -0.05) is 28.1 Å². The number of benzene rings is 1. The van der Waals surface area contributed by atoms with Gasteiger partial charge in [0, 0.05) is 24.1 Å². The van der Waals surface area contributed by atoms with Gasteiger partial charge in [-0.05, 0) is 42.9 Å². The van der Waals surface area contributed by atoms with Gasteiger partial charge in [0.05, 0.1) is 0 Å². The summed E-state index contributed by atoms with van der Waals surface area (Å²) in [6, 6.07) is 8.55. The zero-order valence-electron chi connectivity index (χ0n) is 11.4. The van der Waals surface area contributed by atoms with Crippen LogP contribution in [0.1, 0.15) is 30.7 Å². The number of hydrazine groups is 1. The van der Waals surface area contributed by atoms with Crippen molar-refractivity contribution < 1.29 is 4.79 Å². The number of nitrogens with zero attached hydrogens (tertiary/aromatic N) is 1. The number of likely N-dealkylation sites (tertiary alicyclic amines) is 1. The van der Waals surface area contributed by atoms with Crippen molar-refractivity contribution in [1.82, 2.24) is 15.8 Å². The monoisotopic (exact) mass is 337 g/mol. The largest absolute Gasteiger partial charge is 0.341 e. The van der Waals surface area contributed by atoms with E-state index < -0.39 is 0 Å². The Kier molecular flexibility index (Phi) is 4.38. The maximum atomic E-state index is 12.3. The highest BCUT2D eigenvalue weighted by atomic mass is 79.9. The van der Waals surface area contributed by atoms with Gasteiger partial charge in [-0.25, -0.2) is 5.43 Å². The van der Waals surface area contributed by atoms with Crippen molar-refractivity contribution >= 4 is 21.8 Å². The van der Waals surface area contributed by atoms with E-state index in [0.717, 1.165) is 43.4 Å². The summed E-state index contributed by atoms with van der Waals surface area (Å²) in [5, 5.41) is 0. The first-order chi connectivity index (χ1) is 9.74. The number of hydrogen-bond donors (Lipinski definition) is 2. The molecular formula is C15H20BrN3O. The summed E-state index contributed by atoms with van der Waals surface area (Å²) in [7, 11) is 0. The van der Waals surface area contributed by atoms with Gasteiger partial charge in [0.2, 0.25) is 5.91 Å². The maximum Gasteiger partial charge on any atom is 0.241 e. The lowest BCUT2D eigenvalue weighted by molar-refractivity contribution is -0.134. The fraction of sp³-hybridized carbons (Fsp3) is 0.533. The Hall–Kier alpha value is -0.910. The number of carbonyl (C=O) groups is 1. The van der Waals surface area contributed by atoms with Gasteiger partial charge in [0.25, 0.3) is 0 Å². The van der Waals surface area contributed by atoms with E-state index >= 15 is 0 Å². The minimum Gasteiger partial charge on any atom is -0.341 e. The van der Waals surface area contributed by atoms with Crippen LogP contribution in [0.15, 0.2) is 28.7 Å². The van der Waals surface area contributed by atoms with E-state index in [0.29, 0.717) is 5.92 Å². The second-order valence-electron chi connectivity index (χ2n) is 5.56. The number of nitrogens with one attached hydrogen (secondary N) is 2. The second-order valence-corrected chi connectivity index (χ2v) is 6.48. The van der Waals surface area contributed by atoms with Crippen LogP contribution in [-0.4, -0.2) is 36.5 Å². The Bertz CT molecular complexity index is 463. The molecule has 1 atom stereocenters. The molecule has 1 amide bonds. The molecule has 0 aromatic heterocycles. The molecule has 0 radical (unpaired) electrons. The predicted molar refractivity (Wildman–Crippen MR) is 82.2 cm³/mol. The zero-order valence-corrected chi connectivity index (χ0v) is 13.0. The SMILES string of the molecule is O=C(C1CCNN1)N1CCC(c2ccc(Br)cc2)CC1. The summed E-state index contributed by atoms with van der Waals surface area (Å²) >= 11 is 3.47. The van der Waals surface area contributed by atoms with Gasteiger partial charge < -0.3 is 4.90 Å². The average Bonchev–Trinajstić information content (AvgIpc) is 3.02. The normalized spacial score (nSPS) is 24.1. The fourth-order valence-electron chi connectivity index (χ4n) is 3.06. The molecule has 3 rings (SSSR count). The molecule has 5 heteroatoms.